The molecule has 20 heavy (non-hydrogen) atoms. The van der Waals surface area contributed by atoms with Crippen LogP contribution < -0.4 is 0 Å². The number of hydrogen-bond donors (Lipinski definition) is 1. The van der Waals surface area contributed by atoms with Crippen molar-refractivity contribution in [3.8, 4) is 0 Å². The van der Waals surface area contributed by atoms with Crippen LogP contribution in [0.2, 0.25) is 0 Å². The highest BCUT2D eigenvalue weighted by atomic mass is 16.5. The highest BCUT2D eigenvalue weighted by Crippen LogP contribution is 2.19. The van der Waals surface area contributed by atoms with E-state index in [-0.39, 0.29) is 12.7 Å². The Kier molecular flexibility index (Phi) is 4.05. The molecule has 1 aliphatic rings. The molecule has 1 N–H and O–H groups in total. The van der Waals surface area contributed by atoms with Crippen molar-refractivity contribution in [2.75, 3.05) is 26.2 Å². The van der Waals surface area contributed by atoms with Crippen LogP contribution in [-0.4, -0.2) is 46.9 Å². The molecule has 1 aromatic carbocycles. The summed E-state index contributed by atoms with van der Waals surface area (Å²) in [6.45, 7) is 7.09. The predicted molar refractivity (Wildman–Crippen MR) is 79.7 cm³/mol. The fourth-order valence-electron chi connectivity index (χ4n) is 2.88. The molecule has 108 valence electrons. The minimum absolute atomic E-state index is 0.0880. The Balaban J connectivity index is 1.79. The molecule has 3 rings (SSSR count). The SMILES string of the molecule is CCN1CCOC(Cn2ccc3ccc(CO)cc32)C1. The van der Waals surface area contributed by atoms with Gasteiger partial charge >= 0.3 is 0 Å². The van der Waals surface area contributed by atoms with E-state index in [1.807, 2.05) is 6.07 Å². The summed E-state index contributed by atoms with van der Waals surface area (Å²) in [6.07, 6.45) is 2.36. The van der Waals surface area contributed by atoms with E-state index >= 15 is 0 Å². The maximum Gasteiger partial charge on any atom is 0.0881 e. The van der Waals surface area contributed by atoms with Gasteiger partial charge in [-0.1, -0.05) is 19.1 Å². The molecule has 1 saturated heterocycles. The standard InChI is InChI=1S/C16H22N2O2/c1-2-17-7-8-20-15(10-17)11-18-6-5-14-4-3-13(12-19)9-16(14)18/h3-6,9,15,19H,2,7-8,10-12H2,1H3. The fourth-order valence-corrected chi connectivity index (χ4v) is 2.88. The molecule has 1 aromatic heterocycles. The Bertz CT molecular complexity index is 579. The lowest BCUT2D eigenvalue weighted by Gasteiger charge is -2.32. The Morgan fingerprint density at radius 3 is 3.05 bits per heavy atom. The van der Waals surface area contributed by atoms with Crippen LogP contribution in [0, 0.1) is 0 Å². The zero-order valence-corrected chi connectivity index (χ0v) is 12.0. The molecule has 2 aromatic rings. The van der Waals surface area contributed by atoms with Gasteiger partial charge in [0, 0.05) is 24.8 Å². The number of benzene rings is 1. The first-order chi connectivity index (χ1) is 9.80. The van der Waals surface area contributed by atoms with Gasteiger partial charge in [-0.05, 0) is 29.6 Å². The van der Waals surface area contributed by atoms with Gasteiger partial charge in [0.05, 0.1) is 25.9 Å². The zero-order valence-electron chi connectivity index (χ0n) is 12.0. The van der Waals surface area contributed by atoms with Crippen molar-refractivity contribution in [2.45, 2.75) is 26.2 Å². The van der Waals surface area contributed by atoms with E-state index < -0.39 is 0 Å². The minimum atomic E-state index is 0.0880. The monoisotopic (exact) mass is 274 g/mol. The van der Waals surface area contributed by atoms with Gasteiger partial charge in [-0.15, -0.1) is 0 Å². The Morgan fingerprint density at radius 1 is 1.35 bits per heavy atom. The van der Waals surface area contributed by atoms with Crippen molar-refractivity contribution >= 4 is 10.9 Å². The molecule has 1 unspecified atom stereocenters. The van der Waals surface area contributed by atoms with Crippen LogP contribution in [0.1, 0.15) is 12.5 Å². The van der Waals surface area contributed by atoms with E-state index in [9.17, 15) is 5.11 Å². The van der Waals surface area contributed by atoms with Gasteiger partial charge in [-0.25, -0.2) is 0 Å². The van der Waals surface area contributed by atoms with Gasteiger partial charge in [0.15, 0.2) is 0 Å². The number of aromatic nitrogens is 1. The van der Waals surface area contributed by atoms with Crippen LogP contribution in [0.25, 0.3) is 10.9 Å². The van der Waals surface area contributed by atoms with E-state index in [4.69, 9.17) is 4.74 Å². The summed E-state index contributed by atoms with van der Waals surface area (Å²) in [7, 11) is 0. The molecule has 1 aliphatic heterocycles. The topological polar surface area (TPSA) is 37.6 Å². The lowest BCUT2D eigenvalue weighted by atomic mass is 10.2. The highest BCUT2D eigenvalue weighted by molar-refractivity contribution is 5.80. The third kappa shape index (κ3) is 2.73. The minimum Gasteiger partial charge on any atom is -0.392 e. The molecule has 0 spiro atoms. The zero-order chi connectivity index (χ0) is 13.9. The van der Waals surface area contributed by atoms with Crippen molar-refractivity contribution in [3.05, 3.63) is 36.0 Å². The largest absolute Gasteiger partial charge is 0.392 e. The number of rotatable bonds is 4. The van der Waals surface area contributed by atoms with E-state index in [2.05, 4.69) is 40.8 Å². The Hall–Kier alpha value is -1.36. The van der Waals surface area contributed by atoms with Gasteiger partial charge in [0.25, 0.3) is 0 Å². The first kappa shape index (κ1) is 13.6. The summed E-state index contributed by atoms with van der Waals surface area (Å²) in [5.41, 5.74) is 2.13. The van der Waals surface area contributed by atoms with E-state index in [0.717, 1.165) is 38.3 Å². The second-order valence-electron chi connectivity index (χ2n) is 5.41. The van der Waals surface area contributed by atoms with Gasteiger partial charge in [-0.3, -0.25) is 4.90 Å². The summed E-state index contributed by atoms with van der Waals surface area (Å²) in [5.74, 6) is 0. The predicted octanol–water partition coefficient (Wildman–Crippen LogP) is 1.85. The summed E-state index contributed by atoms with van der Waals surface area (Å²) in [5, 5.41) is 10.5. The van der Waals surface area contributed by atoms with Crippen LogP contribution >= 0.6 is 0 Å². The van der Waals surface area contributed by atoms with Gasteiger partial charge in [0.1, 0.15) is 0 Å². The summed E-state index contributed by atoms with van der Waals surface area (Å²) < 4.78 is 8.11. The van der Waals surface area contributed by atoms with Crippen molar-refractivity contribution in [1.29, 1.82) is 0 Å². The van der Waals surface area contributed by atoms with Gasteiger partial charge in [-0.2, -0.15) is 0 Å². The first-order valence-electron chi connectivity index (χ1n) is 7.32. The number of likely N-dealkylation sites (N-methyl/N-ethyl adjacent to an activating group) is 1. The number of hydrogen-bond acceptors (Lipinski definition) is 3. The number of aliphatic hydroxyl groups is 1. The summed E-state index contributed by atoms with van der Waals surface area (Å²) in [4.78, 5) is 2.43. The quantitative estimate of drug-likeness (QED) is 0.924. The number of fused-ring (bicyclic) bond motifs is 1. The molecule has 0 radical (unpaired) electrons. The summed E-state index contributed by atoms with van der Waals surface area (Å²) in [6, 6.07) is 8.23. The van der Waals surface area contributed by atoms with Gasteiger partial charge in [0.2, 0.25) is 0 Å². The summed E-state index contributed by atoms with van der Waals surface area (Å²) >= 11 is 0. The lowest BCUT2D eigenvalue weighted by molar-refractivity contribution is -0.0337. The maximum absolute atomic E-state index is 9.27. The third-order valence-corrected chi connectivity index (χ3v) is 4.09. The second-order valence-corrected chi connectivity index (χ2v) is 5.41. The van der Waals surface area contributed by atoms with Crippen LogP contribution in [0.3, 0.4) is 0 Å². The molecule has 0 bridgehead atoms. The number of aliphatic hydroxyl groups excluding tert-OH is 1. The third-order valence-electron chi connectivity index (χ3n) is 4.09. The van der Waals surface area contributed by atoms with E-state index in [0.29, 0.717) is 0 Å². The first-order valence-corrected chi connectivity index (χ1v) is 7.32. The molecule has 1 atom stereocenters. The van der Waals surface area contributed by atoms with Crippen LogP contribution in [0.15, 0.2) is 30.5 Å². The maximum atomic E-state index is 9.27. The number of nitrogens with zero attached hydrogens (tertiary/aromatic N) is 2. The average molecular weight is 274 g/mol. The van der Waals surface area contributed by atoms with E-state index in [1.165, 1.54) is 10.9 Å². The molecule has 2 heterocycles. The number of ether oxygens (including phenoxy) is 1. The van der Waals surface area contributed by atoms with Crippen LogP contribution in [0.4, 0.5) is 0 Å². The van der Waals surface area contributed by atoms with Crippen LogP contribution in [-0.2, 0) is 17.9 Å². The van der Waals surface area contributed by atoms with Crippen molar-refractivity contribution < 1.29 is 9.84 Å². The molecule has 4 heteroatoms. The molecule has 0 aliphatic carbocycles. The molecule has 0 amide bonds. The molecule has 1 fully saturated rings. The Labute approximate surface area is 119 Å². The molecule has 0 saturated carbocycles. The van der Waals surface area contributed by atoms with Crippen molar-refractivity contribution in [3.63, 3.8) is 0 Å². The van der Waals surface area contributed by atoms with Crippen molar-refractivity contribution in [2.24, 2.45) is 0 Å². The molecular formula is C16H22N2O2. The lowest BCUT2D eigenvalue weighted by Crippen LogP contribution is -2.43. The normalized spacial score (nSPS) is 20.6. The second kappa shape index (κ2) is 5.95. The van der Waals surface area contributed by atoms with E-state index in [1.54, 1.807) is 0 Å². The highest BCUT2D eigenvalue weighted by Gasteiger charge is 2.20. The molecular weight excluding hydrogens is 252 g/mol. The molecule has 4 nitrogen and oxygen atoms in total. The average Bonchev–Trinajstić information content (AvgIpc) is 2.89. The van der Waals surface area contributed by atoms with Crippen molar-refractivity contribution in [1.82, 2.24) is 9.47 Å². The van der Waals surface area contributed by atoms with Crippen LogP contribution in [0.5, 0.6) is 0 Å². The Morgan fingerprint density at radius 2 is 2.25 bits per heavy atom. The smallest absolute Gasteiger partial charge is 0.0881 e. The fraction of sp³-hybridized carbons (Fsp3) is 0.500. The number of morpholine rings is 1. The van der Waals surface area contributed by atoms with Gasteiger partial charge < -0.3 is 14.4 Å².